The lowest BCUT2D eigenvalue weighted by Gasteiger charge is -2.10. The van der Waals surface area contributed by atoms with Crippen LogP contribution in [-0.4, -0.2) is 26.4 Å². The smallest absolute Gasteiger partial charge is 0.234 e. The predicted octanol–water partition coefficient (Wildman–Crippen LogP) is 5.66. The lowest BCUT2D eigenvalue weighted by atomic mass is 10.1. The van der Waals surface area contributed by atoms with Crippen LogP contribution in [-0.2, 0) is 18.4 Å². The number of ether oxygens (including phenoxy) is 1. The van der Waals surface area contributed by atoms with Crippen LogP contribution in [0.3, 0.4) is 0 Å². The Morgan fingerprint density at radius 2 is 1.84 bits per heavy atom. The van der Waals surface area contributed by atoms with Crippen molar-refractivity contribution < 1.29 is 9.53 Å². The summed E-state index contributed by atoms with van der Waals surface area (Å²) in [7, 11) is 1.88. The lowest BCUT2D eigenvalue weighted by Crippen LogP contribution is -2.15. The van der Waals surface area contributed by atoms with Gasteiger partial charge in [0.05, 0.1) is 11.4 Å². The first-order valence-corrected chi connectivity index (χ1v) is 11.9. The van der Waals surface area contributed by atoms with Gasteiger partial charge in [0.15, 0.2) is 11.0 Å². The summed E-state index contributed by atoms with van der Waals surface area (Å²) in [6.07, 6.45) is 0. The van der Waals surface area contributed by atoms with E-state index in [1.54, 1.807) is 0 Å². The van der Waals surface area contributed by atoms with Crippen LogP contribution in [0.25, 0.3) is 10.8 Å². The number of fused-ring (bicyclic) bond motifs is 1. The second kappa shape index (κ2) is 9.75. The molecule has 0 saturated carbocycles. The van der Waals surface area contributed by atoms with E-state index in [1.807, 2.05) is 67.9 Å². The molecule has 6 nitrogen and oxygen atoms in total. The number of carbonyl (C=O) groups is 1. The third-order valence-corrected chi connectivity index (χ3v) is 6.90. The lowest BCUT2D eigenvalue weighted by molar-refractivity contribution is -0.113. The minimum atomic E-state index is -0.101. The SMILES string of the molecule is Cc1cc(Br)c(NC(=O)CSc2nnc(COc3cccc4ccccc34)n2C)cc1C. The fraction of sp³-hybridized carbons (Fsp3) is 0.208. The molecule has 0 atom stereocenters. The zero-order valence-corrected chi connectivity index (χ0v) is 20.5. The molecule has 0 saturated heterocycles. The monoisotopic (exact) mass is 510 g/mol. The number of nitrogens with zero attached hydrogens (tertiary/aromatic N) is 3. The third kappa shape index (κ3) is 4.97. The van der Waals surface area contributed by atoms with Gasteiger partial charge in [0, 0.05) is 16.9 Å². The van der Waals surface area contributed by atoms with E-state index in [2.05, 4.69) is 43.6 Å². The Balaban J connectivity index is 1.37. The van der Waals surface area contributed by atoms with Crippen LogP contribution in [0.2, 0.25) is 0 Å². The van der Waals surface area contributed by atoms with Crippen molar-refractivity contribution in [3.05, 3.63) is 76.0 Å². The summed E-state index contributed by atoms with van der Waals surface area (Å²) >= 11 is 4.85. The van der Waals surface area contributed by atoms with E-state index in [4.69, 9.17) is 4.74 Å². The maximum Gasteiger partial charge on any atom is 0.234 e. The topological polar surface area (TPSA) is 69.0 Å². The molecule has 0 spiro atoms. The number of nitrogens with one attached hydrogen (secondary N) is 1. The molecule has 8 heteroatoms. The highest BCUT2D eigenvalue weighted by molar-refractivity contribution is 9.10. The summed E-state index contributed by atoms with van der Waals surface area (Å²) in [6.45, 7) is 4.35. The number of rotatable bonds is 7. The molecule has 0 unspecified atom stereocenters. The predicted molar refractivity (Wildman–Crippen MR) is 132 cm³/mol. The number of amides is 1. The molecular formula is C24H23BrN4O2S. The molecular weight excluding hydrogens is 488 g/mol. The fourth-order valence-electron chi connectivity index (χ4n) is 3.25. The van der Waals surface area contributed by atoms with Gasteiger partial charge in [-0.15, -0.1) is 10.2 Å². The second-order valence-electron chi connectivity index (χ2n) is 7.48. The fourth-order valence-corrected chi connectivity index (χ4v) is 4.54. The number of anilines is 1. The molecule has 32 heavy (non-hydrogen) atoms. The Labute approximate surface area is 199 Å². The molecule has 1 N–H and O–H groups in total. The molecule has 0 bridgehead atoms. The summed E-state index contributed by atoms with van der Waals surface area (Å²) in [5.74, 6) is 1.63. The standard InChI is InChI=1S/C24H23BrN4O2S/c1-15-11-19(25)20(12-16(15)2)26-23(30)14-32-24-28-27-22(29(24)3)13-31-21-10-6-8-17-7-4-5-9-18(17)21/h4-12H,13-14H2,1-3H3,(H,26,30). The van der Waals surface area contributed by atoms with E-state index in [-0.39, 0.29) is 11.7 Å². The van der Waals surface area contributed by atoms with Gasteiger partial charge in [-0.05, 0) is 64.5 Å². The van der Waals surface area contributed by atoms with E-state index in [1.165, 1.54) is 17.3 Å². The number of benzene rings is 3. The van der Waals surface area contributed by atoms with Crippen LogP contribution in [0, 0.1) is 13.8 Å². The van der Waals surface area contributed by atoms with E-state index < -0.39 is 0 Å². The average molecular weight is 511 g/mol. The molecule has 4 rings (SSSR count). The maximum atomic E-state index is 12.5. The van der Waals surface area contributed by atoms with E-state index in [0.717, 1.165) is 32.2 Å². The Morgan fingerprint density at radius 1 is 1.09 bits per heavy atom. The number of carbonyl (C=O) groups excluding carboxylic acids is 1. The molecule has 0 fully saturated rings. The Morgan fingerprint density at radius 3 is 2.69 bits per heavy atom. The number of thioether (sulfide) groups is 1. The first kappa shape index (κ1) is 22.4. The summed E-state index contributed by atoms with van der Waals surface area (Å²) in [6, 6.07) is 18.0. The summed E-state index contributed by atoms with van der Waals surface area (Å²) in [5.41, 5.74) is 3.06. The van der Waals surface area contributed by atoms with Crippen molar-refractivity contribution in [3.63, 3.8) is 0 Å². The molecule has 3 aromatic carbocycles. The van der Waals surface area contributed by atoms with Crippen LogP contribution < -0.4 is 10.1 Å². The van der Waals surface area contributed by atoms with Crippen LogP contribution in [0.5, 0.6) is 5.75 Å². The van der Waals surface area contributed by atoms with Gasteiger partial charge >= 0.3 is 0 Å². The zero-order valence-electron chi connectivity index (χ0n) is 18.1. The highest BCUT2D eigenvalue weighted by Gasteiger charge is 2.14. The average Bonchev–Trinajstić information content (AvgIpc) is 3.14. The van der Waals surface area contributed by atoms with Gasteiger partial charge in [-0.2, -0.15) is 0 Å². The van der Waals surface area contributed by atoms with Crippen molar-refractivity contribution in [1.29, 1.82) is 0 Å². The first-order valence-electron chi connectivity index (χ1n) is 10.1. The molecule has 0 aliphatic heterocycles. The van der Waals surface area contributed by atoms with Crippen LogP contribution in [0.4, 0.5) is 5.69 Å². The highest BCUT2D eigenvalue weighted by atomic mass is 79.9. The maximum absolute atomic E-state index is 12.5. The van der Waals surface area contributed by atoms with Crippen LogP contribution in [0.15, 0.2) is 64.2 Å². The summed E-state index contributed by atoms with van der Waals surface area (Å²) in [5, 5.41) is 14.2. The Kier molecular flexibility index (Phi) is 6.81. The van der Waals surface area contributed by atoms with Crippen molar-refractivity contribution in [2.45, 2.75) is 25.6 Å². The first-order chi connectivity index (χ1) is 15.4. The van der Waals surface area contributed by atoms with Crippen molar-refractivity contribution in [2.24, 2.45) is 7.05 Å². The van der Waals surface area contributed by atoms with Gasteiger partial charge in [0.1, 0.15) is 12.4 Å². The van der Waals surface area contributed by atoms with Crippen molar-refractivity contribution in [3.8, 4) is 5.75 Å². The Hall–Kier alpha value is -2.84. The van der Waals surface area contributed by atoms with Crippen molar-refractivity contribution >= 4 is 50.1 Å². The second-order valence-corrected chi connectivity index (χ2v) is 9.27. The van der Waals surface area contributed by atoms with Gasteiger partial charge < -0.3 is 14.6 Å². The zero-order chi connectivity index (χ0) is 22.7. The van der Waals surface area contributed by atoms with E-state index in [9.17, 15) is 4.79 Å². The summed E-state index contributed by atoms with van der Waals surface area (Å²) < 4.78 is 8.74. The molecule has 4 aromatic rings. The number of halogens is 1. The molecule has 0 aliphatic rings. The minimum absolute atomic E-state index is 0.101. The third-order valence-electron chi connectivity index (χ3n) is 5.22. The highest BCUT2D eigenvalue weighted by Crippen LogP contribution is 2.28. The molecule has 0 radical (unpaired) electrons. The molecule has 1 aromatic heterocycles. The van der Waals surface area contributed by atoms with Gasteiger partial charge in [0.2, 0.25) is 5.91 Å². The number of aromatic nitrogens is 3. The largest absolute Gasteiger partial charge is 0.485 e. The Bertz CT molecular complexity index is 1280. The number of hydrogen-bond donors (Lipinski definition) is 1. The van der Waals surface area contributed by atoms with Crippen molar-refractivity contribution in [2.75, 3.05) is 11.1 Å². The van der Waals surface area contributed by atoms with Gasteiger partial charge in [-0.3, -0.25) is 4.79 Å². The molecule has 164 valence electrons. The van der Waals surface area contributed by atoms with E-state index in [0.29, 0.717) is 17.6 Å². The van der Waals surface area contributed by atoms with Crippen molar-refractivity contribution in [1.82, 2.24) is 14.8 Å². The van der Waals surface area contributed by atoms with Crippen LogP contribution in [0.1, 0.15) is 17.0 Å². The van der Waals surface area contributed by atoms with Gasteiger partial charge in [-0.25, -0.2) is 0 Å². The van der Waals surface area contributed by atoms with Gasteiger partial charge in [-0.1, -0.05) is 48.2 Å². The van der Waals surface area contributed by atoms with Crippen LogP contribution >= 0.6 is 27.7 Å². The molecule has 0 aliphatic carbocycles. The quantitative estimate of drug-likeness (QED) is 0.325. The normalized spacial score (nSPS) is 11.0. The van der Waals surface area contributed by atoms with E-state index >= 15 is 0 Å². The minimum Gasteiger partial charge on any atom is -0.485 e. The molecule has 1 heterocycles. The summed E-state index contributed by atoms with van der Waals surface area (Å²) in [4.78, 5) is 12.5. The number of aryl methyl sites for hydroxylation is 2. The number of hydrogen-bond acceptors (Lipinski definition) is 5. The van der Waals surface area contributed by atoms with Gasteiger partial charge in [0.25, 0.3) is 0 Å². The molecule has 1 amide bonds.